The summed E-state index contributed by atoms with van der Waals surface area (Å²) in [5.41, 5.74) is 8.51. The maximum atomic E-state index is 5.77. The molecule has 0 saturated carbocycles. The van der Waals surface area contributed by atoms with E-state index in [2.05, 4.69) is 6.26 Å². The lowest BCUT2D eigenvalue weighted by molar-refractivity contribution is 0.614. The second-order valence-electron chi connectivity index (χ2n) is 2.92. The normalized spacial score (nSPS) is 10.8. The minimum absolute atomic E-state index is 0.713. The number of hydrogen-bond donors (Lipinski definition) is 1. The number of benzene rings is 1. The largest absolute Gasteiger partial charge is 0.462 e. The Kier molecular flexibility index (Phi) is 2.19. The van der Waals surface area contributed by atoms with Crippen LogP contribution in [0.15, 0.2) is 28.9 Å². The molecule has 0 unspecified atom stereocenters. The van der Waals surface area contributed by atoms with Crippen molar-refractivity contribution in [3.63, 3.8) is 0 Å². The maximum Gasteiger partial charge on any atom is 0.157 e. The average Bonchev–Trinajstić information content (AvgIpc) is 2.51. The predicted octanol–water partition coefficient (Wildman–Crippen LogP) is 2.88. The van der Waals surface area contributed by atoms with Crippen molar-refractivity contribution in [2.75, 3.05) is 12.0 Å². The number of thioether (sulfide) groups is 1. The highest BCUT2D eigenvalue weighted by atomic mass is 32.2. The first-order valence-corrected chi connectivity index (χ1v) is 5.46. The molecule has 0 atom stereocenters. The number of furan rings is 1. The van der Waals surface area contributed by atoms with E-state index in [1.54, 1.807) is 18.0 Å². The van der Waals surface area contributed by atoms with Crippen molar-refractivity contribution in [1.82, 2.24) is 0 Å². The summed E-state index contributed by atoms with van der Waals surface area (Å²) in [5, 5.41) is 1.13. The third kappa shape index (κ3) is 1.40. The summed E-state index contributed by atoms with van der Waals surface area (Å²) in [6.45, 7) is 0. The van der Waals surface area contributed by atoms with E-state index in [1.165, 1.54) is 5.56 Å². The average molecular weight is 193 g/mol. The van der Waals surface area contributed by atoms with Crippen LogP contribution >= 0.6 is 11.8 Å². The molecule has 1 aromatic carbocycles. The zero-order chi connectivity index (χ0) is 9.26. The molecule has 0 aliphatic carbocycles. The lowest BCUT2D eigenvalue weighted by Gasteiger charge is -1.95. The smallest absolute Gasteiger partial charge is 0.157 e. The Morgan fingerprint density at radius 1 is 1.46 bits per heavy atom. The number of nitrogen functional groups attached to an aromatic ring is 1. The van der Waals surface area contributed by atoms with Gasteiger partial charge in [-0.1, -0.05) is 12.1 Å². The molecule has 0 bridgehead atoms. The van der Waals surface area contributed by atoms with Gasteiger partial charge in [0, 0.05) is 16.7 Å². The van der Waals surface area contributed by atoms with Gasteiger partial charge in [-0.3, -0.25) is 0 Å². The number of rotatable bonds is 2. The van der Waals surface area contributed by atoms with Crippen molar-refractivity contribution in [3.05, 3.63) is 30.0 Å². The van der Waals surface area contributed by atoms with Crippen molar-refractivity contribution in [1.29, 1.82) is 0 Å². The fraction of sp³-hybridized carbons (Fsp3) is 0.200. The summed E-state index contributed by atoms with van der Waals surface area (Å²) in [5.74, 6) is 0.969. The maximum absolute atomic E-state index is 5.77. The Morgan fingerprint density at radius 3 is 3.08 bits per heavy atom. The first-order valence-electron chi connectivity index (χ1n) is 4.06. The molecule has 0 aliphatic rings. The van der Waals surface area contributed by atoms with Crippen molar-refractivity contribution in [2.24, 2.45) is 0 Å². The second kappa shape index (κ2) is 3.34. The highest BCUT2D eigenvalue weighted by molar-refractivity contribution is 7.97. The van der Waals surface area contributed by atoms with Gasteiger partial charge in [0.1, 0.15) is 0 Å². The third-order valence-electron chi connectivity index (χ3n) is 2.01. The van der Waals surface area contributed by atoms with Crippen LogP contribution in [0.2, 0.25) is 0 Å². The Morgan fingerprint density at radius 2 is 2.31 bits per heavy atom. The van der Waals surface area contributed by atoms with Crippen molar-refractivity contribution in [3.8, 4) is 0 Å². The molecule has 0 amide bonds. The van der Waals surface area contributed by atoms with Crippen LogP contribution in [0.5, 0.6) is 0 Å². The van der Waals surface area contributed by atoms with Crippen LogP contribution in [0.3, 0.4) is 0 Å². The quantitative estimate of drug-likeness (QED) is 0.745. The van der Waals surface area contributed by atoms with Gasteiger partial charge >= 0.3 is 0 Å². The molecule has 13 heavy (non-hydrogen) atoms. The third-order valence-corrected chi connectivity index (χ3v) is 2.61. The number of anilines is 1. The van der Waals surface area contributed by atoms with E-state index >= 15 is 0 Å². The van der Waals surface area contributed by atoms with Crippen molar-refractivity contribution in [2.45, 2.75) is 5.75 Å². The molecule has 1 aromatic heterocycles. The predicted molar refractivity (Wildman–Crippen MR) is 57.8 cm³/mol. The monoisotopic (exact) mass is 193 g/mol. The van der Waals surface area contributed by atoms with E-state index in [-0.39, 0.29) is 0 Å². The van der Waals surface area contributed by atoms with E-state index in [1.807, 2.05) is 18.2 Å². The number of para-hydroxylation sites is 1. The van der Waals surface area contributed by atoms with Gasteiger partial charge in [-0.05, 0) is 12.3 Å². The first-order chi connectivity index (χ1) is 6.33. The van der Waals surface area contributed by atoms with E-state index in [9.17, 15) is 0 Å². The van der Waals surface area contributed by atoms with Gasteiger partial charge in [0.25, 0.3) is 0 Å². The molecule has 2 nitrogen and oxygen atoms in total. The van der Waals surface area contributed by atoms with Gasteiger partial charge in [-0.15, -0.1) is 0 Å². The molecule has 0 saturated heterocycles. The molecule has 0 aliphatic heterocycles. The summed E-state index contributed by atoms with van der Waals surface area (Å²) >= 11 is 1.78. The topological polar surface area (TPSA) is 39.2 Å². The summed E-state index contributed by atoms with van der Waals surface area (Å²) in [4.78, 5) is 0. The van der Waals surface area contributed by atoms with Crippen LogP contribution in [0, 0.1) is 0 Å². The summed E-state index contributed by atoms with van der Waals surface area (Å²) in [7, 11) is 0. The molecule has 0 fully saturated rings. The Bertz CT molecular complexity index is 422. The lowest BCUT2D eigenvalue weighted by Crippen LogP contribution is -1.84. The van der Waals surface area contributed by atoms with E-state index in [0.29, 0.717) is 5.69 Å². The highest BCUT2D eigenvalue weighted by Gasteiger charge is 2.06. The number of hydrogen-bond acceptors (Lipinski definition) is 3. The van der Waals surface area contributed by atoms with Crippen LogP contribution in [-0.4, -0.2) is 6.26 Å². The SMILES string of the molecule is CSCc1coc2c(N)cccc12. The van der Waals surface area contributed by atoms with Gasteiger partial charge < -0.3 is 10.2 Å². The second-order valence-corrected chi connectivity index (χ2v) is 3.78. The summed E-state index contributed by atoms with van der Waals surface area (Å²) in [6, 6.07) is 5.85. The standard InChI is InChI=1S/C10H11NOS/c1-13-6-7-5-12-10-8(7)3-2-4-9(10)11/h2-5H,6,11H2,1H3. The van der Waals surface area contributed by atoms with E-state index < -0.39 is 0 Å². The fourth-order valence-electron chi connectivity index (χ4n) is 1.40. The molecule has 0 radical (unpaired) electrons. The highest BCUT2D eigenvalue weighted by Crippen LogP contribution is 2.27. The molecule has 0 spiro atoms. The Hall–Kier alpha value is -1.09. The lowest BCUT2D eigenvalue weighted by atomic mass is 10.2. The minimum atomic E-state index is 0.713. The van der Waals surface area contributed by atoms with Crippen LogP contribution in [0.25, 0.3) is 11.0 Å². The minimum Gasteiger partial charge on any atom is -0.462 e. The molecule has 2 N–H and O–H groups in total. The Labute approximate surface area is 81.1 Å². The molecule has 1 heterocycles. The fourth-order valence-corrected chi connectivity index (χ4v) is 1.93. The zero-order valence-corrected chi connectivity index (χ0v) is 8.23. The Balaban J connectivity index is 2.61. The molecule has 3 heteroatoms. The van der Waals surface area contributed by atoms with Gasteiger partial charge in [-0.2, -0.15) is 11.8 Å². The first kappa shape index (κ1) is 8.51. The van der Waals surface area contributed by atoms with Crippen LogP contribution in [0.4, 0.5) is 5.69 Å². The van der Waals surface area contributed by atoms with Gasteiger partial charge in [0.2, 0.25) is 0 Å². The molecule has 2 aromatic rings. The van der Waals surface area contributed by atoms with Gasteiger partial charge in [-0.25, -0.2) is 0 Å². The number of fused-ring (bicyclic) bond motifs is 1. The van der Waals surface area contributed by atoms with Crippen molar-refractivity contribution < 1.29 is 4.42 Å². The van der Waals surface area contributed by atoms with Crippen LogP contribution in [0.1, 0.15) is 5.56 Å². The zero-order valence-electron chi connectivity index (χ0n) is 7.41. The summed E-state index contributed by atoms with van der Waals surface area (Å²) in [6.07, 6.45) is 3.86. The van der Waals surface area contributed by atoms with Crippen LogP contribution < -0.4 is 5.73 Å². The molecular formula is C10H11NOS. The molecular weight excluding hydrogens is 182 g/mol. The van der Waals surface area contributed by atoms with E-state index in [0.717, 1.165) is 16.7 Å². The molecule has 68 valence electrons. The van der Waals surface area contributed by atoms with Gasteiger partial charge in [0.15, 0.2) is 5.58 Å². The van der Waals surface area contributed by atoms with E-state index in [4.69, 9.17) is 10.2 Å². The summed E-state index contributed by atoms with van der Waals surface area (Å²) < 4.78 is 5.39. The van der Waals surface area contributed by atoms with Crippen molar-refractivity contribution >= 4 is 28.4 Å². The number of nitrogens with two attached hydrogens (primary N) is 1. The van der Waals surface area contributed by atoms with Crippen LogP contribution in [-0.2, 0) is 5.75 Å². The van der Waals surface area contributed by atoms with Gasteiger partial charge in [0.05, 0.1) is 12.0 Å². The molecule has 2 rings (SSSR count).